The number of phenolic OH excluding ortho intramolecular Hbond substituents is 1. The zero-order chi connectivity index (χ0) is 15.7. The molecule has 0 aliphatic carbocycles. The number of aliphatic carboxylic acids is 1. The molecule has 8 nitrogen and oxygen atoms in total. The first-order valence-corrected chi connectivity index (χ1v) is 6.46. The number of nitrogens with zero attached hydrogens (tertiary/aromatic N) is 3. The first kappa shape index (κ1) is 13.8. The number of carboxylic acids is 1. The molecule has 2 heterocycles. The molecule has 1 aromatic carbocycles. The molecule has 1 amide bonds. The van der Waals surface area contributed by atoms with Crippen LogP contribution in [0.1, 0.15) is 11.6 Å². The Labute approximate surface area is 124 Å². The van der Waals surface area contributed by atoms with Gasteiger partial charge in [-0.3, -0.25) is 14.9 Å². The number of carbonyl (C=O) groups excluding carboxylic acids is 1. The Hall–Kier alpha value is -3.16. The van der Waals surface area contributed by atoms with E-state index in [-0.39, 0.29) is 11.7 Å². The molecule has 2 aromatic rings. The van der Waals surface area contributed by atoms with Crippen LogP contribution in [0.5, 0.6) is 5.75 Å². The maximum absolute atomic E-state index is 12.1. The molecule has 8 heteroatoms. The summed E-state index contributed by atoms with van der Waals surface area (Å²) in [6.07, 6.45) is 3.10. The van der Waals surface area contributed by atoms with Gasteiger partial charge in [-0.15, -0.1) is 0 Å². The molecule has 3 N–H and O–H groups in total. The number of hydrogen-bond donors (Lipinski definition) is 3. The molecule has 1 aliphatic rings. The molecule has 3 rings (SSSR count). The van der Waals surface area contributed by atoms with Crippen LogP contribution in [0.4, 0.5) is 0 Å². The van der Waals surface area contributed by atoms with Gasteiger partial charge < -0.3 is 10.2 Å². The van der Waals surface area contributed by atoms with Crippen LogP contribution in [0, 0.1) is 5.92 Å². The molecule has 0 spiro atoms. The van der Waals surface area contributed by atoms with E-state index >= 15 is 0 Å². The predicted molar refractivity (Wildman–Crippen MR) is 75.2 cm³/mol. The quantitative estimate of drug-likeness (QED) is 0.692. The normalized spacial score (nSPS) is 21.1. The fourth-order valence-corrected chi connectivity index (χ4v) is 2.30. The van der Waals surface area contributed by atoms with Crippen molar-refractivity contribution in [2.24, 2.45) is 10.9 Å². The number of hydrogen-bond acceptors (Lipinski definition) is 5. The van der Waals surface area contributed by atoms with E-state index < -0.39 is 23.8 Å². The predicted octanol–water partition coefficient (Wildman–Crippen LogP) is 0.365. The van der Waals surface area contributed by atoms with Crippen molar-refractivity contribution < 1.29 is 19.8 Å². The lowest BCUT2D eigenvalue weighted by Crippen LogP contribution is -2.48. The third kappa shape index (κ3) is 2.41. The summed E-state index contributed by atoms with van der Waals surface area (Å²) in [6.45, 7) is 0. The van der Waals surface area contributed by atoms with Gasteiger partial charge in [0.2, 0.25) is 11.9 Å². The second-order valence-corrected chi connectivity index (χ2v) is 4.75. The van der Waals surface area contributed by atoms with E-state index in [0.29, 0.717) is 5.56 Å². The Balaban J connectivity index is 2.09. The highest BCUT2D eigenvalue weighted by Crippen LogP contribution is 2.31. The Morgan fingerprint density at radius 1 is 1.32 bits per heavy atom. The van der Waals surface area contributed by atoms with Gasteiger partial charge in [0.15, 0.2) is 5.92 Å². The van der Waals surface area contributed by atoms with Crippen LogP contribution in [0.2, 0.25) is 0 Å². The van der Waals surface area contributed by atoms with E-state index in [1.807, 2.05) is 0 Å². The van der Waals surface area contributed by atoms with Crippen LogP contribution in [0.3, 0.4) is 0 Å². The number of amides is 1. The highest BCUT2D eigenvalue weighted by molar-refractivity contribution is 6.08. The second kappa shape index (κ2) is 5.32. The average Bonchev–Trinajstić information content (AvgIpc) is 3.00. The molecular formula is C14H12N4O4. The zero-order valence-corrected chi connectivity index (χ0v) is 11.2. The maximum atomic E-state index is 12.1. The lowest BCUT2D eigenvalue weighted by atomic mass is 9.91. The minimum absolute atomic E-state index is 0.0246. The highest BCUT2D eigenvalue weighted by atomic mass is 16.4. The van der Waals surface area contributed by atoms with E-state index in [1.165, 1.54) is 23.0 Å². The van der Waals surface area contributed by atoms with Crippen molar-refractivity contribution in [2.45, 2.75) is 6.04 Å². The lowest BCUT2D eigenvalue weighted by Gasteiger charge is -2.26. The van der Waals surface area contributed by atoms with E-state index in [2.05, 4.69) is 15.4 Å². The van der Waals surface area contributed by atoms with Gasteiger partial charge >= 0.3 is 5.97 Å². The summed E-state index contributed by atoms with van der Waals surface area (Å²) in [7, 11) is 0. The van der Waals surface area contributed by atoms with E-state index in [9.17, 15) is 19.8 Å². The van der Waals surface area contributed by atoms with Crippen LogP contribution in [-0.2, 0) is 9.59 Å². The summed E-state index contributed by atoms with van der Waals surface area (Å²) >= 11 is 0. The fraction of sp³-hybridized carbons (Fsp3) is 0.143. The average molecular weight is 300 g/mol. The Bertz CT molecular complexity index is 754. The van der Waals surface area contributed by atoms with Gasteiger partial charge in [0.25, 0.3) is 0 Å². The molecule has 2 atom stereocenters. The maximum Gasteiger partial charge on any atom is 0.318 e. The molecule has 1 aliphatic heterocycles. The largest absolute Gasteiger partial charge is 0.508 e. The van der Waals surface area contributed by atoms with Crippen molar-refractivity contribution in [1.82, 2.24) is 15.1 Å². The topological polar surface area (TPSA) is 117 Å². The summed E-state index contributed by atoms with van der Waals surface area (Å²) in [5, 5.41) is 25.3. The molecule has 0 saturated heterocycles. The Morgan fingerprint density at radius 3 is 2.77 bits per heavy atom. The summed E-state index contributed by atoms with van der Waals surface area (Å²) in [5.41, 5.74) is 0.437. The summed E-state index contributed by atoms with van der Waals surface area (Å²) in [4.78, 5) is 27.8. The van der Waals surface area contributed by atoms with Gasteiger partial charge in [-0.2, -0.15) is 5.10 Å². The number of carbonyl (C=O) groups is 2. The minimum Gasteiger partial charge on any atom is -0.508 e. The van der Waals surface area contributed by atoms with Gasteiger partial charge in [-0.25, -0.2) is 9.67 Å². The SMILES string of the molecule is O=C(O)C1C(=O)NC(n2cccn2)=NC1c1cccc(O)c1. The van der Waals surface area contributed by atoms with Crippen molar-refractivity contribution in [3.63, 3.8) is 0 Å². The number of nitrogens with one attached hydrogen (secondary N) is 1. The van der Waals surface area contributed by atoms with E-state index in [4.69, 9.17) is 0 Å². The number of rotatable bonds is 2. The second-order valence-electron chi connectivity index (χ2n) is 4.75. The van der Waals surface area contributed by atoms with E-state index in [0.717, 1.165) is 0 Å². The minimum atomic E-state index is -1.37. The van der Waals surface area contributed by atoms with Crippen molar-refractivity contribution >= 4 is 17.8 Å². The van der Waals surface area contributed by atoms with Crippen molar-refractivity contribution in [2.75, 3.05) is 0 Å². The third-order valence-electron chi connectivity index (χ3n) is 3.29. The van der Waals surface area contributed by atoms with Crippen molar-refractivity contribution in [3.05, 3.63) is 48.3 Å². The molecule has 0 fully saturated rings. The molecular weight excluding hydrogens is 288 g/mol. The first-order valence-electron chi connectivity index (χ1n) is 6.46. The summed E-state index contributed by atoms with van der Waals surface area (Å²) < 4.78 is 1.34. The smallest absolute Gasteiger partial charge is 0.318 e. The molecule has 0 radical (unpaired) electrons. The van der Waals surface area contributed by atoms with Gasteiger partial charge in [-0.05, 0) is 23.8 Å². The Morgan fingerprint density at radius 2 is 2.14 bits per heavy atom. The summed E-state index contributed by atoms with van der Waals surface area (Å²) in [6, 6.07) is 6.74. The molecule has 0 bridgehead atoms. The number of carboxylic acid groups (broad SMARTS) is 1. The lowest BCUT2D eigenvalue weighted by molar-refractivity contribution is -0.147. The molecule has 112 valence electrons. The number of phenols is 1. The number of aromatic hydroxyl groups is 1. The first-order chi connectivity index (χ1) is 10.6. The molecule has 2 unspecified atom stereocenters. The van der Waals surface area contributed by atoms with Gasteiger partial charge in [-0.1, -0.05) is 12.1 Å². The highest BCUT2D eigenvalue weighted by Gasteiger charge is 2.40. The molecule has 22 heavy (non-hydrogen) atoms. The standard InChI is InChI=1S/C14H12N4O4/c19-9-4-1-3-8(7-9)11-10(13(21)22)12(20)17-14(16-11)18-6-2-5-15-18/h1-7,10-11,19H,(H,21,22)(H,16,17,20). The van der Waals surface area contributed by atoms with Crippen LogP contribution in [0.25, 0.3) is 0 Å². The monoisotopic (exact) mass is 300 g/mol. The number of benzene rings is 1. The van der Waals surface area contributed by atoms with Crippen LogP contribution in [0.15, 0.2) is 47.7 Å². The van der Waals surface area contributed by atoms with Gasteiger partial charge in [0.1, 0.15) is 11.8 Å². The van der Waals surface area contributed by atoms with Gasteiger partial charge in [0, 0.05) is 12.4 Å². The molecule has 1 aromatic heterocycles. The van der Waals surface area contributed by atoms with Crippen LogP contribution < -0.4 is 5.32 Å². The van der Waals surface area contributed by atoms with Gasteiger partial charge in [0.05, 0.1) is 0 Å². The summed E-state index contributed by atoms with van der Waals surface area (Å²) in [5.74, 6) is -3.22. The fourth-order valence-electron chi connectivity index (χ4n) is 2.30. The van der Waals surface area contributed by atoms with E-state index in [1.54, 1.807) is 24.4 Å². The Kier molecular flexibility index (Phi) is 3.34. The number of aromatic nitrogens is 2. The van der Waals surface area contributed by atoms with Crippen molar-refractivity contribution in [1.29, 1.82) is 0 Å². The molecule has 0 saturated carbocycles. The van der Waals surface area contributed by atoms with Crippen molar-refractivity contribution in [3.8, 4) is 5.75 Å². The zero-order valence-electron chi connectivity index (χ0n) is 11.2. The van der Waals surface area contributed by atoms with Crippen LogP contribution >= 0.6 is 0 Å². The van der Waals surface area contributed by atoms with Crippen LogP contribution in [-0.4, -0.2) is 37.8 Å². The third-order valence-corrected chi connectivity index (χ3v) is 3.29. The number of aliphatic imine (C=N–C) groups is 1.